The first-order valence-electron chi connectivity index (χ1n) is 15.7. The van der Waals surface area contributed by atoms with Crippen molar-refractivity contribution in [3.8, 4) is 5.69 Å². The lowest BCUT2D eigenvalue weighted by Crippen LogP contribution is -2.53. The van der Waals surface area contributed by atoms with E-state index in [2.05, 4.69) is 9.97 Å². The molecule has 2 aliphatic heterocycles. The largest absolute Gasteiger partial charge is 0.388 e. The number of rotatable bonds is 6. The molecule has 2 atom stereocenters. The number of hydrogen-bond acceptors (Lipinski definition) is 7. The predicted molar refractivity (Wildman–Crippen MR) is 176 cm³/mol. The Labute approximate surface area is 270 Å². The highest BCUT2D eigenvalue weighted by molar-refractivity contribution is 7.11. The summed E-state index contributed by atoms with van der Waals surface area (Å²) in [6.07, 6.45) is 4.61. The third kappa shape index (κ3) is 5.65. The van der Waals surface area contributed by atoms with Crippen molar-refractivity contribution in [2.24, 2.45) is 5.92 Å². The van der Waals surface area contributed by atoms with Gasteiger partial charge in [0.25, 0.3) is 11.5 Å². The maximum absolute atomic E-state index is 14.1. The van der Waals surface area contributed by atoms with Gasteiger partial charge in [0.1, 0.15) is 11.2 Å². The Morgan fingerprint density at radius 2 is 1.67 bits per heavy atom. The summed E-state index contributed by atoms with van der Waals surface area (Å²) in [6.45, 7) is 3.70. The van der Waals surface area contributed by atoms with Crippen molar-refractivity contribution < 1.29 is 14.7 Å². The minimum Gasteiger partial charge on any atom is -0.388 e. The van der Waals surface area contributed by atoms with E-state index in [1.165, 1.54) is 22.2 Å². The second kappa shape index (κ2) is 12.3. The molecule has 0 unspecified atom stereocenters. The van der Waals surface area contributed by atoms with Crippen molar-refractivity contribution in [2.75, 3.05) is 26.2 Å². The van der Waals surface area contributed by atoms with Crippen LogP contribution in [0.1, 0.15) is 46.1 Å². The van der Waals surface area contributed by atoms with Gasteiger partial charge >= 0.3 is 0 Å². The average Bonchev–Trinajstić information content (AvgIpc) is 3.73. The Kier molecular flexibility index (Phi) is 8.04. The Morgan fingerprint density at radius 3 is 2.37 bits per heavy atom. The highest BCUT2D eigenvalue weighted by atomic mass is 32.1. The summed E-state index contributed by atoms with van der Waals surface area (Å²) in [5, 5.41) is 12.1. The number of carbonyl (C=O) groups excluding carboxylic acids is 2. The van der Waals surface area contributed by atoms with E-state index >= 15 is 0 Å². The lowest BCUT2D eigenvalue weighted by Gasteiger charge is -2.43. The van der Waals surface area contributed by atoms with Crippen LogP contribution < -0.4 is 5.56 Å². The van der Waals surface area contributed by atoms with Crippen LogP contribution >= 0.6 is 11.3 Å². The molecule has 2 saturated heterocycles. The molecule has 1 N–H and O–H groups in total. The number of aliphatic hydroxyl groups is 1. The van der Waals surface area contributed by atoms with Gasteiger partial charge in [0.15, 0.2) is 5.65 Å². The number of nitrogens with zero attached hydrogens (tertiary/aromatic N) is 6. The SMILES string of the molecule is Cc1ncsc1C(=O)N1CC[C@@H](C(=O)N2CCC(O)(Cn3cnc4c(ccn4-c4ccccc4)c3=O)CC2)[C@H](c2ccccc2)C1. The van der Waals surface area contributed by atoms with Gasteiger partial charge in [-0.2, -0.15) is 0 Å². The monoisotopic (exact) mass is 636 g/mol. The third-order valence-electron chi connectivity index (χ3n) is 9.56. The van der Waals surface area contributed by atoms with Crippen LogP contribution in [0.25, 0.3) is 16.7 Å². The number of piperidine rings is 2. The zero-order valence-electron chi connectivity index (χ0n) is 25.7. The van der Waals surface area contributed by atoms with Crippen molar-refractivity contribution in [2.45, 2.75) is 44.2 Å². The summed E-state index contributed by atoms with van der Waals surface area (Å²) in [5.41, 5.74) is 3.61. The van der Waals surface area contributed by atoms with Crippen LogP contribution in [-0.4, -0.2) is 77.6 Å². The van der Waals surface area contributed by atoms with Gasteiger partial charge in [0.05, 0.1) is 28.7 Å². The molecule has 0 spiro atoms. The van der Waals surface area contributed by atoms with Gasteiger partial charge in [0, 0.05) is 49.9 Å². The summed E-state index contributed by atoms with van der Waals surface area (Å²) in [4.78, 5) is 54.0. The molecule has 2 aliphatic rings. The van der Waals surface area contributed by atoms with Gasteiger partial charge in [-0.05, 0) is 49.9 Å². The fourth-order valence-electron chi connectivity index (χ4n) is 6.94. The molecule has 236 valence electrons. The van der Waals surface area contributed by atoms with Crippen molar-refractivity contribution in [3.05, 3.63) is 111 Å². The summed E-state index contributed by atoms with van der Waals surface area (Å²) < 4.78 is 3.36. The molecule has 10 nitrogen and oxygen atoms in total. The van der Waals surface area contributed by atoms with Crippen molar-refractivity contribution in [3.63, 3.8) is 0 Å². The highest BCUT2D eigenvalue weighted by Crippen LogP contribution is 2.36. The third-order valence-corrected chi connectivity index (χ3v) is 10.5. The van der Waals surface area contributed by atoms with Gasteiger partial charge in [0.2, 0.25) is 5.91 Å². The number of amides is 2. The van der Waals surface area contributed by atoms with E-state index in [-0.39, 0.29) is 35.8 Å². The van der Waals surface area contributed by atoms with Crippen molar-refractivity contribution >= 4 is 34.2 Å². The molecule has 2 amide bonds. The van der Waals surface area contributed by atoms with Crippen LogP contribution in [-0.2, 0) is 11.3 Å². The van der Waals surface area contributed by atoms with Gasteiger partial charge in [-0.15, -0.1) is 11.3 Å². The Morgan fingerprint density at radius 1 is 0.957 bits per heavy atom. The summed E-state index contributed by atoms with van der Waals surface area (Å²) >= 11 is 1.35. The minimum atomic E-state index is -1.14. The number of fused-ring (bicyclic) bond motifs is 1. The molecule has 2 fully saturated rings. The summed E-state index contributed by atoms with van der Waals surface area (Å²) in [7, 11) is 0. The maximum atomic E-state index is 14.1. The predicted octanol–water partition coefficient (Wildman–Crippen LogP) is 4.25. The van der Waals surface area contributed by atoms with E-state index in [1.54, 1.807) is 11.6 Å². The van der Waals surface area contributed by atoms with Gasteiger partial charge in [-0.1, -0.05) is 48.5 Å². The number of para-hydroxylation sites is 1. The summed E-state index contributed by atoms with van der Waals surface area (Å²) in [6, 6.07) is 21.4. The van der Waals surface area contributed by atoms with Crippen molar-refractivity contribution in [1.29, 1.82) is 0 Å². The van der Waals surface area contributed by atoms with E-state index < -0.39 is 5.60 Å². The second-order valence-corrected chi connectivity index (χ2v) is 13.3. The van der Waals surface area contributed by atoms with E-state index in [1.807, 2.05) is 88.2 Å². The van der Waals surface area contributed by atoms with E-state index in [0.717, 1.165) is 16.9 Å². The molecule has 3 aromatic heterocycles. The number of benzene rings is 2. The Bertz CT molecular complexity index is 1930. The number of likely N-dealkylation sites (tertiary alicyclic amines) is 2. The lowest BCUT2D eigenvalue weighted by atomic mass is 9.79. The number of hydrogen-bond donors (Lipinski definition) is 1. The molecule has 0 saturated carbocycles. The molecule has 5 heterocycles. The first-order chi connectivity index (χ1) is 22.3. The topological polar surface area (TPSA) is 114 Å². The molecular formula is C35H36N6O4S. The molecule has 11 heteroatoms. The molecule has 0 bridgehead atoms. The van der Waals surface area contributed by atoms with Crippen LogP contribution in [0.4, 0.5) is 0 Å². The maximum Gasteiger partial charge on any atom is 0.265 e. The number of carbonyl (C=O) groups is 2. The van der Waals surface area contributed by atoms with E-state index in [0.29, 0.717) is 61.4 Å². The van der Waals surface area contributed by atoms with Crippen LogP contribution in [0, 0.1) is 12.8 Å². The second-order valence-electron chi connectivity index (χ2n) is 12.4. The number of aromatic nitrogens is 4. The van der Waals surface area contributed by atoms with E-state index in [9.17, 15) is 19.5 Å². The lowest BCUT2D eigenvalue weighted by molar-refractivity contribution is -0.142. The fourth-order valence-corrected chi connectivity index (χ4v) is 7.71. The molecule has 0 aliphatic carbocycles. The van der Waals surface area contributed by atoms with E-state index in [4.69, 9.17) is 0 Å². The van der Waals surface area contributed by atoms with Gasteiger partial charge in [-0.3, -0.25) is 19.0 Å². The van der Waals surface area contributed by atoms with Gasteiger partial charge in [-0.25, -0.2) is 9.97 Å². The first kappa shape index (κ1) is 30.1. The molecule has 7 rings (SSSR count). The quantitative estimate of drug-likeness (QED) is 0.298. The van der Waals surface area contributed by atoms with Crippen LogP contribution in [0.2, 0.25) is 0 Å². The normalized spacial score (nSPS) is 19.8. The standard InChI is InChI=1S/C35H36N6O4S/c1-24-30(46-23-37-24)34(44)39-16-12-27(29(20-39)25-8-4-2-5-9-25)32(42)38-18-14-35(45,15-19-38)21-40-22-36-31-28(33(40)43)13-17-41(31)26-10-6-3-7-11-26/h2-11,13,17,22-23,27,29,45H,12,14-16,18-21H2,1H3/t27-,29+/m1/s1. The molecule has 46 heavy (non-hydrogen) atoms. The summed E-state index contributed by atoms with van der Waals surface area (Å²) in [5.74, 6) is -0.392. The van der Waals surface area contributed by atoms with Crippen LogP contribution in [0.3, 0.4) is 0 Å². The zero-order chi connectivity index (χ0) is 31.8. The van der Waals surface area contributed by atoms with Crippen LogP contribution in [0.5, 0.6) is 0 Å². The Balaban J connectivity index is 1.04. The molecule has 2 aromatic carbocycles. The average molecular weight is 637 g/mol. The molecule has 0 radical (unpaired) electrons. The smallest absolute Gasteiger partial charge is 0.265 e. The highest BCUT2D eigenvalue weighted by Gasteiger charge is 2.42. The number of aryl methyl sites for hydroxylation is 1. The molecular weight excluding hydrogens is 600 g/mol. The number of thiazole rings is 1. The minimum absolute atomic E-state index is 0.0329. The van der Waals surface area contributed by atoms with Crippen LogP contribution in [0.15, 0.2) is 89.6 Å². The van der Waals surface area contributed by atoms with Crippen molar-refractivity contribution in [1.82, 2.24) is 28.9 Å². The molecule has 5 aromatic rings. The van der Waals surface area contributed by atoms with Gasteiger partial charge < -0.3 is 19.5 Å². The fraction of sp³-hybridized carbons (Fsp3) is 0.343. The zero-order valence-corrected chi connectivity index (χ0v) is 26.5. The first-order valence-corrected chi connectivity index (χ1v) is 16.6. The Hall–Kier alpha value is -4.61.